The van der Waals surface area contributed by atoms with Gasteiger partial charge in [0.1, 0.15) is 18.1 Å². The molecule has 7 nitrogen and oxygen atoms in total. The molecule has 0 unspecified atom stereocenters. The monoisotopic (exact) mass is 341 g/mol. The largest absolute Gasteiger partial charge is 0.487 e. The van der Waals surface area contributed by atoms with E-state index in [0.29, 0.717) is 29.3 Å². The summed E-state index contributed by atoms with van der Waals surface area (Å²) in [5.74, 6) is 1.23. The third kappa shape index (κ3) is 4.06. The minimum absolute atomic E-state index is 0.00967. The maximum absolute atomic E-state index is 12.0. The van der Waals surface area contributed by atoms with Crippen LogP contribution in [-0.2, 0) is 11.4 Å². The van der Waals surface area contributed by atoms with E-state index < -0.39 is 0 Å². The van der Waals surface area contributed by atoms with Gasteiger partial charge in [0.25, 0.3) is 5.56 Å². The van der Waals surface area contributed by atoms with Crippen molar-refractivity contribution in [1.29, 1.82) is 0 Å². The van der Waals surface area contributed by atoms with Crippen LogP contribution in [-0.4, -0.2) is 15.5 Å². The summed E-state index contributed by atoms with van der Waals surface area (Å²) in [5, 5.41) is 2.81. The van der Waals surface area contributed by atoms with E-state index in [1.165, 1.54) is 6.07 Å². The lowest BCUT2D eigenvalue weighted by atomic mass is 10.2. The van der Waals surface area contributed by atoms with Gasteiger partial charge in [0.2, 0.25) is 5.91 Å². The average Bonchev–Trinajstić information content (AvgIpc) is 2.95. The topological polar surface area (TPSA) is 85.8 Å². The van der Waals surface area contributed by atoms with Crippen LogP contribution in [0.2, 0.25) is 0 Å². The van der Waals surface area contributed by atoms with E-state index in [2.05, 4.69) is 10.3 Å². The first-order valence-electron chi connectivity index (χ1n) is 8.07. The lowest BCUT2D eigenvalue weighted by Gasteiger charge is -2.08. The van der Waals surface area contributed by atoms with Crippen LogP contribution in [0.5, 0.6) is 5.75 Å². The van der Waals surface area contributed by atoms with E-state index >= 15 is 0 Å². The van der Waals surface area contributed by atoms with Crippen LogP contribution in [0, 0.1) is 6.92 Å². The summed E-state index contributed by atoms with van der Waals surface area (Å²) >= 11 is 0. The zero-order valence-corrected chi connectivity index (χ0v) is 14.1. The van der Waals surface area contributed by atoms with E-state index in [9.17, 15) is 9.59 Å². The molecule has 3 rings (SSSR count). The highest BCUT2D eigenvalue weighted by molar-refractivity contribution is 5.90. The highest BCUT2D eigenvalue weighted by atomic mass is 16.5. The number of nitrogens with zero attached hydrogens (tertiary/aromatic N) is 2. The molecule has 0 aliphatic carbocycles. The number of nitrogens with one attached hydrogen (secondary N) is 1. The number of fused-ring (bicyclic) bond motifs is 1. The third-order valence-electron chi connectivity index (χ3n) is 3.53. The van der Waals surface area contributed by atoms with Gasteiger partial charge in [0.05, 0.1) is 5.69 Å². The van der Waals surface area contributed by atoms with E-state index in [1.54, 1.807) is 37.3 Å². The molecule has 0 aliphatic heterocycles. The Labute approximate surface area is 144 Å². The van der Waals surface area contributed by atoms with Crippen molar-refractivity contribution in [2.45, 2.75) is 33.3 Å². The summed E-state index contributed by atoms with van der Waals surface area (Å²) in [4.78, 5) is 27.9. The predicted molar refractivity (Wildman–Crippen MR) is 92.8 cm³/mol. The number of amides is 1. The number of anilines is 1. The molecule has 2 aromatic heterocycles. The van der Waals surface area contributed by atoms with Crippen LogP contribution < -0.4 is 15.6 Å². The first-order valence-corrected chi connectivity index (χ1v) is 8.07. The van der Waals surface area contributed by atoms with Crippen LogP contribution in [0.25, 0.3) is 5.65 Å². The molecular weight excluding hydrogens is 322 g/mol. The van der Waals surface area contributed by atoms with Crippen molar-refractivity contribution in [3.05, 3.63) is 58.2 Å². The molecule has 0 spiro atoms. The number of ether oxygens (including phenoxy) is 1. The van der Waals surface area contributed by atoms with Crippen molar-refractivity contribution in [1.82, 2.24) is 9.56 Å². The van der Waals surface area contributed by atoms with Gasteiger partial charge < -0.3 is 14.6 Å². The number of rotatable bonds is 6. The maximum Gasteiger partial charge on any atom is 0.287 e. The fourth-order valence-electron chi connectivity index (χ4n) is 2.39. The van der Waals surface area contributed by atoms with Crippen molar-refractivity contribution in [3.8, 4) is 5.75 Å². The van der Waals surface area contributed by atoms with Gasteiger partial charge in [-0.05, 0) is 37.6 Å². The minimum atomic E-state index is -0.286. The number of carbonyl (C=O) groups is 1. The molecule has 0 fully saturated rings. The number of hydrogen-bond donors (Lipinski definition) is 1. The maximum atomic E-state index is 12.0. The third-order valence-corrected chi connectivity index (χ3v) is 3.53. The summed E-state index contributed by atoms with van der Waals surface area (Å²) in [5.41, 5.74) is 1.41. The average molecular weight is 341 g/mol. The molecule has 0 saturated carbocycles. The highest BCUT2D eigenvalue weighted by Crippen LogP contribution is 2.17. The van der Waals surface area contributed by atoms with Gasteiger partial charge in [-0.25, -0.2) is 4.98 Å². The van der Waals surface area contributed by atoms with Crippen LogP contribution in [0.4, 0.5) is 5.69 Å². The Morgan fingerprint density at radius 1 is 1.28 bits per heavy atom. The summed E-state index contributed by atoms with van der Waals surface area (Å²) in [7, 11) is 0. The van der Waals surface area contributed by atoms with Gasteiger partial charge in [-0.2, -0.15) is 0 Å². The Morgan fingerprint density at radius 2 is 2.04 bits per heavy atom. The number of hydrogen-bond acceptors (Lipinski definition) is 5. The lowest BCUT2D eigenvalue weighted by molar-refractivity contribution is -0.116. The predicted octanol–water partition coefficient (Wildman–Crippen LogP) is 2.91. The lowest BCUT2D eigenvalue weighted by Crippen LogP contribution is -2.14. The summed E-state index contributed by atoms with van der Waals surface area (Å²) in [6, 6.07) is 10.1. The van der Waals surface area contributed by atoms with Crippen LogP contribution in [0.15, 0.2) is 45.7 Å². The first kappa shape index (κ1) is 16.8. The van der Waals surface area contributed by atoms with E-state index in [4.69, 9.17) is 9.26 Å². The summed E-state index contributed by atoms with van der Waals surface area (Å²) in [6.07, 6.45) is 1.30. The molecule has 0 atom stereocenters. The molecule has 1 N–H and O–H groups in total. The van der Waals surface area contributed by atoms with Crippen molar-refractivity contribution in [2.24, 2.45) is 0 Å². The fourth-order valence-corrected chi connectivity index (χ4v) is 2.39. The number of aryl methyl sites for hydroxylation is 1. The van der Waals surface area contributed by atoms with E-state index in [-0.39, 0.29) is 18.1 Å². The number of carbonyl (C=O) groups excluding carboxylic acids is 1. The van der Waals surface area contributed by atoms with Gasteiger partial charge in [-0.3, -0.25) is 9.59 Å². The molecule has 0 radical (unpaired) electrons. The van der Waals surface area contributed by atoms with Crippen molar-refractivity contribution >= 4 is 17.2 Å². The second kappa shape index (κ2) is 7.21. The SMILES string of the molecule is CCCC(=O)Nc1ccc(OCc2cc(=O)n3oc(C)cc3n2)cc1. The molecule has 1 amide bonds. The Kier molecular flexibility index (Phi) is 4.83. The second-order valence-corrected chi connectivity index (χ2v) is 5.70. The van der Waals surface area contributed by atoms with Gasteiger partial charge in [0.15, 0.2) is 5.65 Å². The molecule has 25 heavy (non-hydrogen) atoms. The van der Waals surface area contributed by atoms with Gasteiger partial charge >= 0.3 is 0 Å². The number of benzene rings is 1. The molecule has 1 aromatic carbocycles. The van der Waals surface area contributed by atoms with E-state index in [0.717, 1.165) is 16.7 Å². The zero-order chi connectivity index (χ0) is 17.8. The number of aromatic nitrogens is 2. The van der Waals surface area contributed by atoms with Crippen LogP contribution in [0.1, 0.15) is 31.2 Å². The van der Waals surface area contributed by atoms with Gasteiger partial charge in [-0.1, -0.05) is 6.92 Å². The highest BCUT2D eigenvalue weighted by Gasteiger charge is 2.07. The summed E-state index contributed by atoms with van der Waals surface area (Å²) < 4.78 is 12.0. The quantitative estimate of drug-likeness (QED) is 0.745. The Bertz CT molecular complexity index is 941. The van der Waals surface area contributed by atoms with E-state index in [1.807, 2.05) is 6.92 Å². The molecule has 0 saturated heterocycles. The van der Waals surface area contributed by atoms with Crippen molar-refractivity contribution < 1.29 is 14.1 Å². The second-order valence-electron chi connectivity index (χ2n) is 5.70. The zero-order valence-electron chi connectivity index (χ0n) is 14.1. The molecule has 0 bridgehead atoms. The smallest absolute Gasteiger partial charge is 0.287 e. The Morgan fingerprint density at radius 3 is 2.76 bits per heavy atom. The van der Waals surface area contributed by atoms with Gasteiger partial charge in [-0.15, -0.1) is 4.57 Å². The van der Waals surface area contributed by atoms with Crippen molar-refractivity contribution in [2.75, 3.05) is 5.32 Å². The Hall–Kier alpha value is -3.09. The summed E-state index contributed by atoms with van der Waals surface area (Å²) in [6.45, 7) is 3.88. The fraction of sp³-hybridized carbons (Fsp3) is 0.278. The Balaban J connectivity index is 1.65. The van der Waals surface area contributed by atoms with Crippen molar-refractivity contribution in [3.63, 3.8) is 0 Å². The standard InChI is InChI=1S/C18H19N3O4/c1-3-4-17(22)20-13-5-7-15(8-6-13)24-11-14-10-18(23)21-16(19-14)9-12(2)25-21/h5-10H,3-4,11H2,1-2H3,(H,20,22). The molecular formula is C18H19N3O4. The minimum Gasteiger partial charge on any atom is -0.487 e. The first-order chi connectivity index (χ1) is 12.0. The molecule has 0 aliphatic rings. The van der Waals surface area contributed by atoms with Gasteiger partial charge in [0, 0.05) is 24.2 Å². The van der Waals surface area contributed by atoms with Crippen LogP contribution in [0.3, 0.4) is 0 Å². The molecule has 2 heterocycles. The normalized spacial score (nSPS) is 10.8. The molecule has 130 valence electrons. The molecule has 7 heteroatoms. The molecule has 3 aromatic rings. The van der Waals surface area contributed by atoms with Crippen LogP contribution >= 0.6 is 0 Å².